The zero-order chi connectivity index (χ0) is 22.1. The minimum absolute atomic E-state index is 0.0467. The van der Waals surface area contributed by atoms with E-state index in [9.17, 15) is 13.2 Å². The number of nitrogens with one attached hydrogen (secondary N) is 2. The summed E-state index contributed by atoms with van der Waals surface area (Å²) in [5.74, 6) is 0.778. The van der Waals surface area contributed by atoms with Gasteiger partial charge in [-0.3, -0.25) is 10.1 Å². The second kappa shape index (κ2) is 7.77. The maximum atomic E-state index is 13.6. The smallest absolute Gasteiger partial charge is 0.323 e. The average Bonchev–Trinajstić information content (AvgIpc) is 3.22. The molecule has 0 aliphatic rings. The first-order chi connectivity index (χ1) is 15.5. The molecular weight excluding hydrogens is 417 g/mol. The molecule has 3 heterocycles. The van der Waals surface area contributed by atoms with Gasteiger partial charge in [0.1, 0.15) is 5.82 Å². The number of aromatic nitrogens is 5. The third-order valence-corrected chi connectivity index (χ3v) is 4.89. The van der Waals surface area contributed by atoms with Crippen molar-refractivity contribution < 1.29 is 13.2 Å². The van der Waals surface area contributed by atoms with Gasteiger partial charge in [-0.25, -0.2) is 9.97 Å². The molecule has 5 rings (SSSR count). The zero-order valence-electron chi connectivity index (χ0n) is 16.4. The lowest BCUT2D eigenvalue weighted by Gasteiger charge is -2.14. The summed E-state index contributed by atoms with van der Waals surface area (Å²) in [7, 11) is 0. The number of H-pyrrole nitrogens is 1. The first-order valence-corrected chi connectivity index (χ1v) is 9.65. The lowest BCUT2D eigenvalue weighted by atomic mass is 10.1. The Balaban J connectivity index is 1.67. The fourth-order valence-corrected chi connectivity index (χ4v) is 3.41. The van der Waals surface area contributed by atoms with Gasteiger partial charge in [-0.15, -0.1) is 0 Å². The summed E-state index contributed by atoms with van der Waals surface area (Å²) in [4.78, 5) is 12.8. The number of alkyl halides is 3. The highest BCUT2D eigenvalue weighted by molar-refractivity contribution is 5.91. The second-order valence-corrected chi connectivity index (χ2v) is 6.98. The summed E-state index contributed by atoms with van der Waals surface area (Å²) in [6.45, 7) is 0. The molecule has 32 heavy (non-hydrogen) atoms. The Morgan fingerprint density at radius 1 is 0.844 bits per heavy atom. The summed E-state index contributed by atoms with van der Waals surface area (Å²) >= 11 is 0. The normalized spacial score (nSPS) is 11.6. The van der Waals surface area contributed by atoms with Gasteiger partial charge in [-0.1, -0.05) is 30.3 Å². The number of para-hydroxylation sites is 1. The minimum Gasteiger partial charge on any atom is -0.323 e. The summed E-state index contributed by atoms with van der Waals surface area (Å²) in [5, 5.41) is 11.1. The van der Waals surface area contributed by atoms with Crippen LogP contribution < -0.4 is 5.32 Å². The molecule has 0 aliphatic carbocycles. The van der Waals surface area contributed by atoms with Crippen molar-refractivity contribution in [1.82, 2.24) is 25.1 Å². The Hall–Kier alpha value is -4.27. The molecule has 0 fully saturated rings. The number of hydrogen-bond acceptors (Lipinski definition) is 5. The van der Waals surface area contributed by atoms with E-state index in [1.54, 1.807) is 30.6 Å². The van der Waals surface area contributed by atoms with E-state index in [0.717, 1.165) is 17.0 Å². The fourth-order valence-electron chi connectivity index (χ4n) is 3.41. The summed E-state index contributed by atoms with van der Waals surface area (Å²) in [6, 6.07) is 17.9. The number of pyridine rings is 1. The van der Waals surface area contributed by atoms with Crippen molar-refractivity contribution >= 4 is 22.5 Å². The third kappa shape index (κ3) is 3.76. The van der Waals surface area contributed by atoms with E-state index in [1.165, 1.54) is 18.2 Å². The number of aromatic amines is 1. The predicted molar refractivity (Wildman–Crippen MR) is 115 cm³/mol. The van der Waals surface area contributed by atoms with Gasteiger partial charge in [0, 0.05) is 35.0 Å². The molecule has 9 heteroatoms. The third-order valence-electron chi connectivity index (χ3n) is 4.89. The molecule has 0 atom stereocenters. The van der Waals surface area contributed by atoms with E-state index >= 15 is 0 Å². The topological polar surface area (TPSA) is 79.4 Å². The van der Waals surface area contributed by atoms with E-state index in [4.69, 9.17) is 0 Å². The molecule has 0 saturated heterocycles. The Bertz CT molecular complexity index is 1400. The lowest BCUT2D eigenvalue weighted by molar-refractivity contribution is -0.137. The van der Waals surface area contributed by atoms with Gasteiger partial charge in [-0.05, 0) is 30.3 Å². The largest absolute Gasteiger partial charge is 0.417 e. The van der Waals surface area contributed by atoms with Crippen LogP contribution >= 0.6 is 0 Å². The van der Waals surface area contributed by atoms with Crippen LogP contribution in [0.2, 0.25) is 0 Å². The number of anilines is 2. The second-order valence-electron chi connectivity index (χ2n) is 6.98. The van der Waals surface area contributed by atoms with Crippen LogP contribution in [-0.2, 0) is 6.18 Å². The van der Waals surface area contributed by atoms with E-state index in [1.807, 2.05) is 24.3 Å². The van der Waals surface area contributed by atoms with Gasteiger partial charge in [0.25, 0.3) is 0 Å². The molecular formula is C23H15F3N6. The molecule has 2 N–H and O–H groups in total. The molecule has 0 amide bonds. The quantitative estimate of drug-likeness (QED) is 0.373. The van der Waals surface area contributed by atoms with E-state index in [0.29, 0.717) is 22.9 Å². The maximum absolute atomic E-state index is 13.6. The number of halogens is 3. The van der Waals surface area contributed by atoms with Gasteiger partial charge in [0.2, 0.25) is 0 Å². The number of hydrogen-bond donors (Lipinski definition) is 2. The highest BCUT2D eigenvalue weighted by Gasteiger charge is 2.34. The first-order valence-electron chi connectivity index (χ1n) is 9.65. The number of rotatable bonds is 4. The Labute approximate surface area is 180 Å². The summed E-state index contributed by atoms with van der Waals surface area (Å²) in [6.07, 6.45) is -1.36. The lowest BCUT2D eigenvalue weighted by Crippen LogP contribution is -2.09. The van der Waals surface area contributed by atoms with Crippen LogP contribution in [0.1, 0.15) is 5.56 Å². The average molecular weight is 432 g/mol. The minimum atomic E-state index is -4.54. The molecule has 0 radical (unpaired) electrons. The molecule has 6 nitrogen and oxygen atoms in total. The summed E-state index contributed by atoms with van der Waals surface area (Å²) in [5.41, 5.74) is 1.06. The first kappa shape index (κ1) is 19.7. The van der Waals surface area contributed by atoms with Crippen molar-refractivity contribution in [2.45, 2.75) is 6.18 Å². The highest BCUT2D eigenvalue weighted by atomic mass is 19.4. The monoisotopic (exact) mass is 432 g/mol. The molecule has 0 bridgehead atoms. The van der Waals surface area contributed by atoms with Crippen LogP contribution in [0.5, 0.6) is 0 Å². The van der Waals surface area contributed by atoms with Crippen LogP contribution in [0.3, 0.4) is 0 Å². The van der Waals surface area contributed by atoms with Crippen LogP contribution in [0.4, 0.5) is 24.8 Å². The fraction of sp³-hybridized carbons (Fsp3) is 0.0435. The molecule has 3 aromatic heterocycles. The van der Waals surface area contributed by atoms with Crippen LogP contribution in [0.25, 0.3) is 33.5 Å². The van der Waals surface area contributed by atoms with Crippen molar-refractivity contribution in [3.8, 4) is 22.6 Å². The number of nitrogens with zero attached hydrogens (tertiary/aromatic N) is 4. The zero-order valence-corrected chi connectivity index (χ0v) is 16.4. The predicted octanol–water partition coefficient (Wildman–Crippen LogP) is 5.84. The maximum Gasteiger partial charge on any atom is 0.417 e. The molecule has 0 saturated carbocycles. The van der Waals surface area contributed by atoms with Crippen molar-refractivity contribution in [2.75, 3.05) is 5.32 Å². The van der Waals surface area contributed by atoms with Crippen molar-refractivity contribution in [1.29, 1.82) is 0 Å². The number of benzene rings is 2. The molecule has 0 aliphatic heterocycles. The van der Waals surface area contributed by atoms with Crippen LogP contribution in [-0.4, -0.2) is 25.1 Å². The molecule has 158 valence electrons. The van der Waals surface area contributed by atoms with Crippen molar-refractivity contribution in [3.05, 3.63) is 84.7 Å². The Morgan fingerprint density at radius 3 is 2.41 bits per heavy atom. The van der Waals surface area contributed by atoms with E-state index < -0.39 is 11.7 Å². The van der Waals surface area contributed by atoms with Crippen LogP contribution in [0, 0.1) is 0 Å². The molecule has 0 spiro atoms. The van der Waals surface area contributed by atoms with E-state index in [2.05, 4.69) is 30.5 Å². The van der Waals surface area contributed by atoms with Gasteiger partial charge >= 0.3 is 6.18 Å². The van der Waals surface area contributed by atoms with Gasteiger partial charge in [-0.2, -0.15) is 18.3 Å². The number of fused-ring (bicyclic) bond motifs is 1. The van der Waals surface area contributed by atoms with Gasteiger partial charge in [0.15, 0.2) is 11.6 Å². The Kier molecular flexibility index (Phi) is 4.78. The highest BCUT2D eigenvalue weighted by Crippen LogP contribution is 2.37. The van der Waals surface area contributed by atoms with Gasteiger partial charge in [0.05, 0.1) is 16.8 Å². The van der Waals surface area contributed by atoms with E-state index in [-0.39, 0.29) is 11.4 Å². The molecule has 5 aromatic rings. The van der Waals surface area contributed by atoms with Gasteiger partial charge < -0.3 is 5.32 Å². The molecule has 0 unspecified atom stereocenters. The standard InChI is InChI=1S/C23H15F3N6/c24-23(25,26)17-7-3-1-5-15(17)21-28-19(14-9-11-27-12-10-14)13-20(29-21)30-22-16-6-2-4-8-18(16)31-32-22/h1-13H,(H2,28,29,30,31,32). The summed E-state index contributed by atoms with van der Waals surface area (Å²) < 4.78 is 40.9. The molecule has 2 aromatic carbocycles. The van der Waals surface area contributed by atoms with Crippen LogP contribution in [0.15, 0.2) is 79.1 Å². The van der Waals surface area contributed by atoms with Crippen molar-refractivity contribution in [3.63, 3.8) is 0 Å². The Morgan fingerprint density at radius 2 is 1.59 bits per heavy atom. The SMILES string of the molecule is FC(F)(F)c1ccccc1-c1nc(Nc2n[nH]c3ccccc23)cc(-c2ccncc2)n1. The van der Waals surface area contributed by atoms with Crippen molar-refractivity contribution in [2.24, 2.45) is 0 Å².